The van der Waals surface area contributed by atoms with Gasteiger partial charge in [0.15, 0.2) is 0 Å². The van der Waals surface area contributed by atoms with E-state index in [1.165, 1.54) is 11.3 Å². The van der Waals surface area contributed by atoms with E-state index in [0.717, 1.165) is 5.56 Å². The molecule has 0 fully saturated rings. The SMILES string of the molecule is CN(C)c1ccc(/C=C/C=C/C=C/C=C/C=C/C=C/C=C/C=C/C=C/C=C/c2ccc(C#N)cc2)cc1. The largest absolute Gasteiger partial charge is 0.378 e. The van der Waals surface area contributed by atoms with Gasteiger partial charge in [0.05, 0.1) is 11.6 Å². The zero-order valence-corrected chi connectivity index (χ0v) is 21.6. The molecule has 2 aromatic carbocycles. The van der Waals surface area contributed by atoms with Gasteiger partial charge in [-0.1, -0.05) is 146 Å². The summed E-state index contributed by atoms with van der Waals surface area (Å²) in [5.74, 6) is 0. The first-order chi connectivity index (χ1) is 18.2. The van der Waals surface area contributed by atoms with Crippen LogP contribution in [0.4, 0.5) is 5.69 Å². The minimum Gasteiger partial charge on any atom is -0.378 e. The quantitative estimate of drug-likeness (QED) is 0.283. The summed E-state index contributed by atoms with van der Waals surface area (Å²) in [6, 6.07) is 18.1. The second-order valence-corrected chi connectivity index (χ2v) is 8.02. The van der Waals surface area contributed by atoms with E-state index in [1.807, 2.05) is 154 Å². The number of anilines is 1. The summed E-state index contributed by atoms with van der Waals surface area (Å²) in [4.78, 5) is 2.09. The van der Waals surface area contributed by atoms with Crippen molar-refractivity contribution in [3.8, 4) is 6.07 Å². The molecule has 2 aromatic rings. The topological polar surface area (TPSA) is 27.0 Å². The second-order valence-electron chi connectivity index (χ2n) is 8.02. The van der Waals surface area contributed by atoms with E-state index in [1.54, 1.807) is 0 Å². The maximum atomic E-state index is 8.80. The molecule has 0 spiro atoms. The zero-order chi connectivity index (χ0) is 26.4. The Labute approximate surface area is 222 Å². The molecule has 0 N–H and O–H groups in total. The van der Waals surface area contributed by atoms with E-state index in [4.69, 9.17) is 5.26 Å². The molecule has 0 aliphatic rings. The van der Waals surface area contributed by atoms with Gasteiger partial charge in [-0.15, -0.1) is 0 Å². The Hall–Kier alpha value is -4.87. The van der Waals surface area contributed by atoms with Gasteiger partial charge in [0.1, 0.15) is 0 Å². The zero-order valence-electron chi connectivity index (χ0n) is 21.6. The van der Waals surface area contributed by atoms with Crippen LogP contribution in [0.2, 0.25) is 0 Å². The van der Waals surface area contributed by atoms with Crippen molar-refractivity contribution in [2.75, 3.05) is 19.0 Å². The van der Waals surface area contributed by atoms with E-state index >= 15 is 0 Å². The van der Waals surface area contributed by atoms with Crippen LogP contribution in [0.15, 0.2) is 158 Å². The van der Waals surface area contributed by atoms with Gasteiger partial charge in [0, 0.05) is 19.8 Å². The summed E-state index contributed by atoms with van der Waals surface area (Å²) < 4.78 is 0. The molecular formula is C35H34N2. The predicted molar refractivity (Wildman–Crippen MR) is 163 cm³/mol. The number of rotatable bonds is 12. The highest BCUT2D eigenvalue weighted by Gasteiger charge is 1.92. The number of allylic oxidation sites excluding steroid dienone is 18. The van der Waals surface area contributed by atoms with Crippen LogP contribution in [0.1, 0.15) is 16.7 Å². The standard InChI is InChI=1S/C35H34N2/c1-37(2)35-29-27-33(28-30-35)22-20-18-16-14-12-10-8-6-4-3-5-7-9-11-13-15-17-19-21-32-23-25-34(31-36)26-24-32/h3-30H,1-2H3/b5-3+,6-4+,9-7+,10-8+,13-11+,14-12+,17-15+,18-16+,21-19+,22-20+. The molecule has 0 aliphatic heterocycles. The van der Waals surface area contributed by atoms with Crippen LogP contribution in [-0.4, -0.2) is 14.1 Å². The fraction of sp³-hybridized carbons (Fsp3) is 0.0571. The van der Waals surface area contributed by atoms with Crippen LogP contribution in [0, 0.1) is 11.3 Å². The van der Waals surface area contributed by atoms with Crippen molar-refractivity contribution in [3.63, 3.8) is 0 Å². The molecular weight excluding hydrogens is 448 g/mol. The third-order valence-corrected chi connectivity index (χ3v) is 4.92. The first-order valence-corrected chi connectivity index (χ1v) is 12.1. The highest BCUT2D eigenvalue weighted by atomic mass is 15.1. The molecule has 0 amide bonds. The Morgan fingerprint density at radius 1 is 0.459 bits per heavy atom. The Morgan fingerprint density at radius 3 is 1.05 bits per heavy atom. The van der Waals surface area contributed by atoms with Crippen LogP contribution in [0.25, 0.3) is 12.2 Å². The van der Waals surface area contributed by atoms with Crippen molar-refractivity contribution in [1.82, 2.24) is 0 Å². The minimum absolute atomic E-state index is 0.673. The van der Waals surface area contributed by atoms with Gasteiger partial charge in [-0.3, -0.25) is 0 Å². The lowest BCUT2D eigenvalue weighted by atomic mass is 10.1. The predicted octanol–water partition coefficient (Wildman–Crippen LogP) is 8.80. The summed E-state index contributed by atoms with van der Waals surface area (Å²) in [6.07, 6.45) is 40.0. The molecule has 2 nitrogen and oxygen atoms in total. The first-order valence-electron chi connectivity index (χ1n) is 12.1. The molecule has 0 unspecified atom stereocenters. The van der Waals surface area contributed by atoms with E-state index in [9.17, 15) is 0 Å². The van der Waals surface area contributed by atoms with Gasteiger partial charge < -0.3 is 4.90 Å². The number of hydrogen-bond acceptors (Lipinski definition) is 2. The van der Waals surface area contributed by atoms with E-state index in [0.29, 0.717) is 5.56 Å². The molecule has 184 valence electrons. The molecule has 0 bridgehead atoms. The van der Waals surface area contributed by atoms with Crippen molar-refractivity contribution in [1.29, 1.82) is 5.26 Å². The number of nitrogens with zero attached hydrogens (tertiary/aromatic N) is 2. The summed E-state index contributed by atoms with van der Waals surface area (Å²) in [5.41, 5.74) is 4.13. The molecule has 37 heavy (non-hydrogen) atoms. The third kappa shape index (κ3) is 13.6. The number of benzene rings is 2. The van der Waals surface area contributed by atoms with Gasteiger partial charge in [-0.2, -0.15) is 5.26 Å². The molecule has 0 radical (unpaired) electrons. The Kier molecular flexibility index (Phi) is 14.2. The smallest absolute Gasteiger partial charge is 0.0991 e. The monoisotopic (exact) mass is 482 g/mol. The van der Waals surface area contributed by atoms with Crippen LogP contribution < -0.4 is 4.90 Å². The van der Waals surface area contributed by atoms with Crippen LogP contribution >= 0.6 is 0 Å². The average Bonchev–Trinajstić information content (AvgIpc) is 2.92. The summed E-state index contributed by atoms with van der Waals surface area (Å²) in [7, 11) is 4.09. The van der Waals surface area contributed by atoms with Crippen LogP contribution in [-0.2, 0) is 0 Å². The lowest BCUT2D eigenvalue weighted by molar-refractivity contribution is 1.13. The maximum Gasteiger partial charge on any atom is 0.0991 e. The lowest BCUT2D eigenvalue weighted by Crippen LogP contribution is -2.07. The first kappa shape index (κ1) is 28.4. The fourth-order valence-corrected chi connectivity index (χ4v) is 2.91. The number of nitriles is 1. The maximum absolute atomic E-state index is 8.80. The normalized spacial score (nSPS) is 13.1. The molecule has 0 aromatic heterocycles. The summed E-state index contributed by atoms with van der Waals surface area (Å²) >= 11 is 0. The summed E-state index contributed by atoms with van der Waals surface area (Å²) in [6.45, 7) is 0. The molecule has 0 atom stereocenters. The molecule has 2 rings (SSSR count). The van der Waals surface area contributed by atoms with Crippen molar-refractivity contribution < 1.29 is 0 Å². The lowest BCUT2D eigenvalue weighted by Gasteiger charge is -2.11. The van der Waals surface area contributed by atoms with E-state index in [2.05, 4.69) is 41.3 Å². The minimum atomic E-state index is 0.673. The van der Waals surface area contributed by atoms with Crippen LogP contribution in [0.3, 0.4) is 0 Å². The average molecular weight is 483 g/mol. The molecule has 0 heterocycles. The van der Waals surface area contributed by atoms with Gasteiger partial charge >= 0.3 is 0 Å². The van der Waals surface area contributed by atoms with E-state index < -0.39 is 0 Å². The Bertz CT molecular complexity index is 1260. The highest BCUT2D eigenvalue weighted by Crippen LogP contribution is 2.13. The third-order valence-electron chi connectivity index (χ3n) is 4.92. The fourth-order valence-electron chi connectivity index (χ4n) is 2.91. The van der Waals surface area contributed by atoms with Gasteiger partial charge in [0.2, 0.25) is 0 Å². The van der Waals surface area contributed by atoms with Gasteiger partial charge in [-0.05, 0) is 35.4 Å². The molecule has 0 saturated heterocycles. The Morgan fingerprint density at radius 2 is 0.757 bits per heavy atom. The van der Waals surface area contributed by atoms with Gasteiger partial charge in [-0.25, -0.2) is 0 Å². The van der Waals surface area contributed by atoms with E-state index in [-0.39, 0.29) is 0 Å². The number of hydrogen-bond donors (Lipinski definition) is 0. The van der Waals surface area contributed by atoms with Crippen molar-refractivity contribution in [2.24, 2.45) is 0 Å². The van der Waals surface area contributed by atoms with Crippen molar-refractivity contribution >= 4 is 17.8 Å². The molecule has 0 aliphatic carbocycles. The Balaban J connectivity index is 1.59. The van der Waals surface area contributed by atoms with Crippen molar-refractivity contribution in [2.45, 2.75) is 0 Å². The van der Waals surface area contributed by atoms with Gasteiger partial charge in [0.25, 0.3) is 0 Å². The van der Waals surface area contributed by atoms with Crippen molar-refractivity contribution in [3.05, 3.63) is 175 Å². The second kappa shape index (κ2) is 18.5. The van der Waals surface area contributed by atoms with Crippen LogP contribution in [0.5, 0.6) is 0 Å². The highest BCUT2D eigenvalue weighted by molar-refractivity contribution is 5.56. The molecule has 2 heteroatoms. The molecule has 0 saturated carbocycles. The summed E-state index contributed by atoms with van der Waals surface area (Å²) in [5, 5.41) is 8.80.